The van der Waals surface area contributed by atoms with Gasteiger partial charge in [-0.3, -0.25) is 4.79 Å². The van der Waals surface area contributed by atoms with E-state index in [-0.39, 0.29) is 11.8 Å². The molecule has 0 aromatic rings. The molecular weight excluding hydrogens is 425 g/mol. The maximum atomic E-state index is 12.6. The maximum Gasteiger partial charge on any atom is 0.243 e. The van der Waals surface area contributed by atoms with E-state index >= 15 is 0 Å². The maximum absolute atomic E-state index is 12.6. The molecule has 0 aliphatic carbocycles. The van der Waals surface area contributed by atoms with Gasteiger partial charge in [-0.15, -0.1) is 0 Å². The van der Waals surface area contributed by atoms with E-state index in [9.17, 15) is 4.79 Å². The third-order valence-corrected chi connectivity index (χ3v) is 6.24. The molecule has 0 aliphatic heterocycles. The van der Waals surface area contributed by atoms with E-state index in [1.807, 2.05) is 55.4 Å². The molecule has 5 heteroatoms. The lowest BCUT2D eigenvalue weighted by Gasteiger charge is -2.22. The Morgan fingerprint density at radius 1 is 1.36 bits per heavy atom. The first kappa shape index (κ1) is 21.9. The second-order valence-corrected chi connectivity index (χ2v) is 8.59. The van der Waals surface area contributed by atoms with Crippen LogP contribution in [0.1, 0.15) is 34.1 Å². The Morgan fingerprint density at radius 3 is 2.41 bits per heavy atom. The molecule has 0 aromatic heterocycles. The fourth-order valence-corrected chi connectivity index (χ4v) is 4.06. The quantitative estimate of drug-likeness (QED) is 0.171. The summed E-state index contributed by atoms with van der Waals surface area (Å²) in [6.07, 6.45) is 2.70. The molecular formula is C17H26INOS2. The third-order valence-electron chi connectivity index (χ3n) is 3.04. The van der Waals surface area contributed by atoms with Crippen LogP contribution in [-0.2, 0) is 4.79 Å². The van der Waals surface area contributed by atoms with Crippen molar-refractivity contribution in [2.45, 2.75) is 34.1 Å². The van der Waals surface area contributed by atoms with Gasteiger partial charge in [-0.05, 0) is 49.2 Å². The highest BCUT2D eigenvalue weighted by atomic mass is 127. The zero-order valence-corrected chi connectivity index (χ0v) is 17.7. The first-order chi connectivity index (χ1) is 10.3. The minimum absolute atomic E-state index is 0.0185. The van der Waals surface area contributed by atoms with Crippen LogP contribution in [0.4, 0.5) is 0 Å². The molecule has 0 aromatic carbocycles. The molecule has 0 heterocycles. The van der Waals surface area contributed by atoms with Gasteiger partial charge in [-0.25, -0.2) is 3.11 Å². The Labute approximate surface area is 158 Å². The number of amides is 1. The fourth-order valence-electron chi connectivity index (χ4n) is 1.83. The Morgan fingerprint density at radius 2 is 1.95 bits per heavy atom. The topological polar surface area (TPSA) is 20.3 Å². The molecule has 1 unspecified atom stereocenters. The third kappa shape index (κ3) is 7.42. The first-order valence-corrected chi connectivity index (χ1v) is 10.1. The molecule has 0 N–H and O–H groups in total. The number of allylic oxidation sites excluding steroid dienone is 3. The number of rotatable bonds is 10. The molecule has 22 heavy (non-hydrogen) atoms. The van der Waals surface area contributed by atoms with Gasteiger partial charge >= 0.3 is 0 Å². The summed E-state index contributed by atoms with van der Waals surface area (Å²) in [4.78, 5) is 13.6. The summed E-state index contributed by atoms with van der Waals surface area (Å²) < 4.78 is 1.59. The minimum Gasteiger partial charge on any atom is -0.273 e. The molecule has 1 atom stereocenters. The lowest BCUT2D eigenvalue weighted by molar-refractivity contribution is -0.126. The van der Waals surface area contributed by atoms with Crippen molar-refractivity contribution >= 4 is 52.3 Å². The van der Waals surface area contributed by atoms with Crippen molar-refractivity contribution in [1.29, 1.82) is 0 Å². The number of hydrogen-bond acceptors (Lipinski definition) is 3. The predicted octanol–water partition coefficient (Wildman–Crippen LogP) is 6.18. The van der Waals surface area contributed by atoms with Gasteiger partial charge in [0.1, 0.15) is 0 Å². The van der Waals surface area contributed by atoms with Crippen molar-refractivity contribution in [1.82, 2.24) is 3.11 Å². The van der Waals surface area contributed by atoms with Crippen molar-refractivity contribution in [3.63, 3.8) is 0 Å². The monoisotopic (exact) mass is 451 g/mol. The van der Waals surface area contributed by atoms with Crippen molar-refractivity contribution < 1.29 is 4.79 Å². The van der Waals surface area contributed by atoms with Crippen LogP contribution in [0.25, 0.3) is 0 Å². The highest BCUT2D eigenvalue weighted by molar-refractivity contribution is 14.1. The Hall–Kier alpha value is -0.140. The highest BCUT2D eigenvalue weighted by Gasteiger charge is 2.24. The molecule has 0 bridgehead atoms. The number of hydrogen-bond donors (Lipinski definition) is 0. The molecule has 124 valence electrons. The fraction of sp³-hybridized carbons (Fsp3) is 0.471. The van der Waals surface area contributed by atoms with Crippen LogP contribution >= 0.6 is 46.4 Å². The molecule has 0 spiro atoms. The van der Waals surface area contributed by atoms with Crippen LogP contribution in [0.15, 0.2) is 46.9 Å². The van der Waals surface area contributed by atoms with Crippen molar-refractivity contribution in [3.8, 4) is 0 Å². The average molecular weight is 451 g/mol. The summed E-state index contributed by atoms with van der Waals surface area (Å²) in [5, 5.41) is 0.709. The van der Waals surface area contributed by atoms with Gasteiger partial charge < -0.3 is 0 Å². The van der Waals surface area contributed by atoms with Gasteiger partial charge in [-0.2, -0.15) is 11.8 Å². The minimum atomic E-state index is -0.222. The normalized spacial score (nSPS) is 11.5. The number of thioether (sulfide) groups is 2. The Kier molecular flexibility index (Phi) is 11.3. The molecule has 2 nitrogen and oxygen atoms in total. The lowest BCUT2D eigenvalue weighted by Crippen LogP contribution is -2.26. The standard InChI is InChI=1S/C17H26INOS2/c1-8-16(12(3)4)14(6)17(20)19(18)15(7)22-13(5)10-11-21-9-2/h8,14H,1,5,7,9-11H2,2-4,6H3. The van der Waals surface area contributed by atoms with Gasteiger partial charge in [0.25, 0.3) is 0 Å². The van der Waals surface area contributed by atoms with E-state index in [0.29, 0.717) is 5.03 Å². The van der Waals surface area contributed by atoms with E-state index in [2.05, 4.69) is 26.7 Å². The number of halogens is 1. The summed E-state index contributed by atoms with van der Waals surface area (Å²) in [5.74, 6) is 1.96. The summed E-state index contributed by atoms with van der Waals surface area (Å²) in [6, 6.07) is 0. The summed E-state index contributed by atoms with van der Waals surface area (Å²) in [7, 11) is 0. The summed E-state index contributed by atoms with van der Waals surface area (Å²) in [5.41, 5.74) is 2.09. The zero-order chi connectivity index (χ0) is 17.3. The van der Waals surface area contributed by atoms with Crippen LogP contribution in [0.5, 0.6) is 0 Å². The summed E-state index contributed by atoms with van der Waals surface area (Å²) in [6.45, 7) is 19.9. The van der Waals surface area contributed by atoms with Crippen LogP contribution < -0.4 is 0 Å². The predicted molar refractivity (Wildman–Crippen MR) is 112 cm³/mol. The van der Waals surface area contributed by atoms with E-state index < -0.39 is 0 Å². The van der Waals surface area contributed by atoms with E-state index in [4.69, 9.17) is 0 Å². The highest BCUT2D eigenvalue weighted by Crippen LogP contribution is 2.33. The van der Waals surface area contributed by atoms with Gasteiger partial charge in [0.2, 0.25) is 5.91 Å². The van der Waals surface area contributed by atoms with Crippen LogP contribution in [0.2, 0.25) is 0 Å². The van der Waals surface area contributed by atoms with Gasteiger partial charge in [0.05, 0.1) is 33.8 Å². The molecule has 1 amide bonds. The van der Waals surface area contributed by atoms with Crippen molar-refractivity contribution in [2.24, 2.45) is 5.92 Å². The van der Waals surface area contributed by atoms with Crippen molar-refractivity contribution in [3.05, 3.63) is 46.9 Å². The van der Waals surface area contributed by atoms with E-state index in [0.717, 1.165) is 34.0 Å². The molecule has 0 radical (unpaired) electrons. The second-order valence-electron chi connectivity index (χ2n) is 4.98. The largest absolute Gasteiger partial charge is 0.273 e. The van der Waals surface area contributed by atoms with E-state index in [1.54, 1.807) is 9.19 Å². The number of nitrogens with zero attached hydrogens (tertiary/aromatic N) is 1. The van der Waals surface area contributed by atoms with Crippen LogP contribution in [0.3, 0.4) is 0 Å². The van der Waals surface area contributed by atoms with E-state index in [1.165, 1.54) is 11.8 Å². The smallest absolute Gasteiger partial charge is 0.243 e. The van der Waals surface area contributed by atoms with Gasteiger partial charge in [0.15, 0.2) is 0 Å². The average Bonchev–Trinajstić information content (AvgIpc) is 2.45. The molecule has 0 saturated heterocycles. The molecule has 0 rings (SSSR count). The summed E-state index contributed by atoms with van der Waals surface area (Å²) >= 11 is 5.40. The SMILES string of the molecule is C=CC(=C(C)C)C(C)C(=O)N(I)C(=C)SC(=C)CCSCC. The van der Waals surface area contributed by atoms with Crippen LogP contribution in [-0.4, -0.2) is 20.5 Å². The first-order valence-electron chi connectivity index (χ1n) is 7.18. The molecule has 0 fully saturated rings. The Balaban J connectivity index is 4.68. The molecule has 0 aliphatic rings. The molecule has 0 saturated carbocycles. The lowest BCUT2D eigenvalue weighted by atomic mass is 9.96. The van der Waals surface area contributed by atoms with Crippen molar-refractivity contribution in [2.75, 3.05) is 11.5 Å². The van der Waals surface area contributed by atoms with Gasteiger partial charge in [0, 0.05) is 0 Å². The zero-order valence-electron chi connectivity index (χ0n) is 13.9. The second kappa shape index (κ2) is 11.4. The number of carbonyl (C=O) groups excluding carboxylic acids is 1. The Bertz CT molecular complexity index is 467. The van der Waals surface area contributed by atoms with Crippen LogP contribution in [0, 0.1) is 5.92 Å². The number of carbonyl (C=O) groups is 1. The van der Waals surface area contributed by atoms with Gasteiger partial charge in [-0.1, -0.05) is 50.1 Å².